The van der Waals surface area contributed by atoms with E-state index in [0.717, 1.165) is 17.2 Å². The molecule has 1 aromatic carbocycles. The summed E-state index contributed by atoms with van der Waals surface area (Å²) in [4.78, 5) is 19.9. The highest BCUT2D eigenvalue weighted by molar-refractivity contribution is 6.29. The highest BCUT2D eigenvalue weighted by Crippen LogP contribution is 2.14. The molecule has 1 amide bonds. The van der Waals surface area contributed by atoms with E-state index in [9.17, 15) is 13.6 Å². The van der Waals surface area contributed by atoms with E-state index in [1.165, 1.54) is 18.2 Å². The average molecular weight is 360 g/mol. The van der Waals surface area contributed by atoms with Crippen molar-refractivity contribution < 1.29 is 13.6 Å². The quantitative estimate of drug-likeness (QED) is 0.708. The number of anilines is 1. The van der Waals surface area contributed by atoms with Crippen molar-refractivity contribution in [2.75, 3.05) is 5.32 Å². The Labute approximate surface area is 147 Å². The van der Waals surface area contributed by atoms with Crippen LogP contribution in [0.5, 0.6) is 0 Å². The van der Waals surface area contributed by atoms with Crippen LogP contribution in [0.3, 0.4) is 0 Å². The summed E-state index contributed by atoms with van der Waals surface area (Å²) in [5.74, 6) is -1.22. The molecule has 0 aliphatic carbocycles. The number of benzene rings is 1. The summed E-state index contributed by atoms with van der Waals surface area (Å²) < 4.78 is 26.3. The number of carbonyl (C=O) groups is 1. The van der Waals surface area contributed by atoms with E-state index < -0.39 is 11.7 Å². The molecule has 0 saturated heterocycles. The molecule has 0 atom stereocenters. The van der Waals surface area contributed by atoms with E-state index in [1.807, 2.05) is 6.07 Å². The Hall–Kier alpha value is -2.86. The number of aromatic nitrogens is 2. The van der Waals surface area contributed by atoms with E-state index in [1.54, 1.807) is 24.4 Å². The summed E-state index contributed by atoms with van der Waals surface area (Å²) >= 11 is 5.56. The van der Waals surface area contributed by atoms with Gasteiger partial charge in [-0.25, -0.2) is 18.7 Å². The Morgan fingerprint density at radius 2 is 1.92 bits per heavy atom. The fraction of sp³-hybridized carbons (Fsp3) is 0.0556. The molecule has 1 N–H and O–H groups in total. The first kappa shape index (κ1) is 17.0. The van der Waals surface area contributed by atoms with Gasteiger partial charge >= 0.3 is 0 Å². The van der Waals surface area contributed by atoms with Crippen LogP contribution in [0.25, 0.3) is 0 Å². The van der Waals surface area contributed by atoms with Crippen LogP contribution in [-0.4, -0.2) is 15.9 Å². The van der Waals surface area contributed by atoms with E-state index >= 15 is 0 Å². The van der Waals surface area contributed by atoms with E-state index in [4.69, 9.17) is 11.6 Å². The van der Waals surface area contributed by atoms with Crippen molar-refractivity contribution in [1.29, 1.82) is 0 Å². The Morgan fingerprint density at radius 3 is 2.60 bits per heavy atom. The largest absolute Gasteiger partial charge is 0.305 e. The van der Waals surface area contributed by atoms with Crippen LogP contribution in [0.15, 0.2) is 54.7 Å². The molecule has 25 heavy (non-hydrogen) atoms. The van der Waals surface area contributed by atoms with Crippen LogP contribution in [-0.2, 0) is 6.42 Å². The van der Waals surface area contributed by atoms with Gasteiger partial charge in [0.1, 0.15) is 17.3 Å². The third-order valence-electron chi connectivity index (χ3n) is 3.40. The maximum Gasteiger partial charge on any atom is 0.275 e. The number of nitrogens with one attached hydrogen (secondary N) is 1. The molecule has 3 rings (SSSR count). The van der Waals surface area contributed by atoms with Gasteiger partial charge in [-0.3, -0.25) is 4.79 Å². The zero-order chi connectivity index (χ0) is 17.8. The second kappa shape index (κ2) is 7.36. The predicted molar refractivity (Wildman–Crippen MR) is 90.6 cm³/mol. The fourth-order valence-corrected chi connectivity index (χ4v) is 2.36. The maximum atomic E-state index is 13.2. The minimum absolute atomic E-state index is 0.0166. The third-order valence-corrected chi connectivity index (χ3v) is 3.66. The molecule has 0 aliphatic rings. The zero-order valence-electron chi connectivity index (χ0n) is 12.8. The second-order valence-electron chi connectivity index (χ2n) is 5.28. The van der Waals surface area contributed by atoms with Crippen LogP contribution >= 0.6 is 11.6 Å². The molecule has 126 valence electrons. The molecule has 3 aromatic rings. The molecule has 0 spiro atoms. The Morgan fingerprint density at radius 1 is 1.08 bits per heavy atom. The van der Waals surface area contributed by atoms with Crippen LogP contribution in [0, 0.1) is 11.6 Å². The number of carbonyl (C=O) groups excluding carboxylic acids is 1. The van der Waals surface area contributed by atoms with Gasteiger partial charge in [0, 0.05) is 6.20 Å². The van der Waals surface area contributed by atoms with Crippen LogP contribution in [0.4, 0.5) is 14.6 Å². The van der Waals surface area contributed by atoms with Crippen LogP contribution < -0.4 is 5.32 Å². The minimum atomic E-state index is -0.696. The van der Waals surface area contributed by atoms with Gasteiger partial charge in [0.2, 0.25) is 0 Å². The number of amides is 1. The third kappa shape index (κ3) is 4.36. The van der Waals surface area contributed by atoms with Crippen molar-refractivity contribution >= 4 is 23.3 Å². The molecule has 0 fully saturated rings. The normalized spacial score (nSPS) is 10.5. The lowest BCUT2D eigenvalue weighted by Gasteiger charge is -2.06. The van der Waals surface area contributed by atoms with Gasteiger partial charge in [-0.1, -0.05) is 29.8 Å². The number of rotatable bonds is 4. The van der Waals surface area contributed by atoms with Crippen molar-refractivity contribution in [3.8, 4) is 0 Å². The summed E-state index contributed by atoms with van der Waals surface area (Å²) in [7, 11) is 0. The average Bonchev–Trinajstić information content (AvgIpc) is 2.59. The lowest BCUT2D eigenvalue weighted by atomic mass is 10.1. The summed E-state index contributed by atoms with van der Waals surface area (Å²) in [6.07, 6.45) is 2.11. The molecule has 7 heteroatoms. The van der Waals surface area contributed by atoms with Gasteiger partial charge < -0.3 is 5.32 Å². The molecular formula is C18H12ClF2N3O. The number of hydrogen-bond donors (Lipinski definition) is 1. The molecule has 0 radical (unpaired) electrons. The summed E-state index contributed by atoms with van der Waals surface area (Å²) in [5.41, 5.74) is 1.67. The molecule has 0 bridgehead atoms. The van der Waals surface area contributed by atoms with E-state index in [2.05, 4.69) is 15.3 Å². The molecule has 0 saturated carbocycles. The topological polar surface area (TPSA) is 54.9 Å². The highest BCUT2D eigenvalue weighted by Gasteiger charge is 2.11. The maximum absolute atomic E-state index is 13.2. The minimum Gasteiger partial charge on any atom is -0.305 e. The van der Waals surface area contributed by atoms with Crippen molar-refractivity contribution in [2.45, 2.75) is 6.42 Å². The standard InChI is InChI=1S/C18H12ClF2N3O/c19-17-14(21)5-6-15(23-17)18(25)24-16-7-4-12(10-22-16)8-11-2-1-3-13(20)9-11/h1-7,9-10H,8H2,(H,22,24,25). The van der Waals surface area contributed by atoms with E-state index in [0.29, 0.717) is 12.2 Å². The molecule has 2 heterocycles. The first-order valence-electron chi connectivity index (χ1n) is 7.34. The molecular weight excluding hydrogens is 348 g/mol. The van der Waals surface area contributed by atoms with Gasteiger partial charge in [-0.15, -0.1) is 0 Å². The predicted octanol–water partition coefficient (Wildman–Crippen LogP) is 4.25. The van der Waals surface area contributed by atoms with Gasteiger partial charge in [-0.2, -0.15) is 0 Å². The lowest BCUT2D eigenvalue weighted by molar-refractivity contribution is 0.102. The monoisotopic (exact) mass is 359 g/mol. The molecule has 0 aliphatic heterocycles. The molecule has 0 unspecified atom stereocenters. The molecule has 2 aromatic heterocycles. The second-order valence-corrected chi connectivity index (χ2v) is 5.64. The van der Waals surface area contributed by atoms with E-state index in [-0.39, 0.29) is 16.7 Å². The summed E-state index contributed by atoms with van der Waals surface area (Å²) in [6.45, 7) is 0. The Kier molecular flexibility index (Phi) is 5.00. The SMILES string of the molecule is O=C(Nc1ccc(Cc2cccc(F)c2)cn1)c1ccc(F)c(Cl)n1. The zero-order valence-corrected chi connectivity index (χ0v) is 13.6. The van der Waals surface area contributed by atoms with Crippen molar-refractivity contribution in [3.05, 3.63) is 88.3 Å². The van der Waals surface area contributed by atoms with Gasteiger partial charge in [0.15, 0.2) is 11.0 Å². The Bertz CT molecular complexity index is 916. The number of pyridine rings is 2. The van der Waals surface area contributed by atoms with Crippen LogP contribution in [0.2, 0.25) is 5.15 Å². The smallest absolute Gasteiger partial charge is 0.275 e. The fourth-order valence-electron chi connectivity index (χ4n) is 2.21. The lowest BCUT2D eigenvalue weighted by Crippen LogP contribution is -2.15. The van der Waals surface area contributed by atoms with Gasteiger partial charge in [-0.05, 0) is 47.9 Å². The number of halogens is 3. The molecule has 4 nitrogen and oxygen atoms in total. The van der Waals surface area contributed by atoms with Crippen molar-refractivity contribution in [3.63, 3.8) is 0 Å². The van der Waals surface area contributed by atoms with Crippen molar-refractivity contribution in [1.82, 2.24) is 9.97 Å². The first-order chi connectivity index (χ1) is 12.0. The highest BCUT2D eigenvalue weighted by atomic mass is 35.5. The number of hydrogen-bond acceptors (Lipinski definition) is 3. The van der Waals surface area contributed by atoms with Crippen molar-refractivity contribution in [2.24, 2.45) is 0 Å². The van der Waals surface area contributed by atoms with Gasteiger partial charge in [0.25, 0.3) is 5.91 Å². The summed E-state index contributed by atoms with van der Waals surface area (Å²) in [6, 6.07) is 12.0. The number of nitrogens with zero attached hydrogens (tertiary/aromatic N) is 2. The van der Waals surface area contributed by atoms with Crippen LogP contribution in [0.1, 0.15) is 21.6 Å². The summed E-state index contributed by atoms with van der Waals surface area (Å²) in [5, 5.41) is 2.18. The first-order valence-corrected chi connectivity index (χ1v) is 7.72. The van der Waals surface area contributed by atoms with Gasteiger partial charge in [0.05, 0.1) is 0 Å². The Balaban J connectivity index is 1.67.